The molecule has 108 valence electrons. The highest BCUT2D eigenvalue weighted by Crippen LogP contribution is 2.33. The molecule has 0 bridgehead atoms. The van der Waals surface area contributed by atoms with Crippen molar-refractivity contribution < 1.29 is 22.8 Å². The molecular formula is C10H10AlBrF3N3O2. The molecule has 5 nitrogen and oxygen atoms in total. The summed E-state index contributed by atoms with van der Waals surface area (Å²) in [4.78, 5) is 22.4. The predicted octanol–water partition coefficient (Wildman–Crippen LogP) is 1.71. The predicted molar refractivity (Wildman–Crippen MR) is 74.6 cm³/mol. The smallest absolute Gasteiger partial charge is 0.416 e. The zero-order valence-corrected chi connectivity index (χ0v) is 13.9. The summed E-state index contributed by atoms with van der Waals surface area (Å²) >= 11 is 3.25. The van der Waals surface area contributed by atoms with Gasteiger partial charge in [0.2, 0.25) is 5.91 Å². The maximum atomic E-state index is 12.7. The third-order valence-electron chi connectivity index (χ3n) is 2.15. The first-order valence-corrected chi connectivity index (χ1v) is 7.45. The summed E-state index contributed by atoms with van der Waals surface area (Å²) in [7, 11) is 0. The topological polar surface area (TPSA) is 70.2 Å². The van der Waals surface area contributed by atoms with Gasteiger partial charge in [-0.2, -0.15) is 13.2 Å². The van der Waals surface area contributed by atoms with Gasteiger partial charge in [-0.25, -0.2) is 0 Å². The monoisotopic (exact) mass is 367 g/mol. The van der Waals surface area contributed by atoms with Crippen LogP contribution in [0, 0.1) is 0 Å². The van der Waals surface area contributed by atoms with Crippen LogP contribution in [0.5, 0.6) is 0 Å². The molecule has 0 aliphatic heterocycles. The van der Waals surface area contributed by atoms with Gasteiger partial charge in [0.05, 0.1) is 10.9 Å². The first-order chi connectivity index (χ1) is 9.26. The Morgan fingerprint density at radius 1 is 1.15 bits per heavy atom. The molecule has 0 saturated heterocycles. The molecule has 0 spiro atoms. The number of halogens is 4. The standard InChI is InChI=1S/C10H9BrF3N3O2.Al.2H/c11-4-8(18)16-6-1-5(10(12,13)14)2-7(3-6)17-9(15)19;;;/h1-3H,4H2,(H4,15,16,17,18,19);;;/q;+1;;/p-1. The van der Waals surface area contributed by atoms with Gasteiger partial charge in [-0.3, -0.25) is 9.59 Å². The van der Waals surface area contributed by atoms with Crippen LogP contribution in [0.25, 0.3) is 0 Å². The van der Waals surface area contributed by atoms with E-state index in [1.54, 1.807) is 0 Å². The van der Waals surface area contributed by atoms with Crippen LogP contribution in [0.15, 0.2) is 18.2 Å². The van der Waals surface area contributed by atoms with Gasteiger partial charge < -0.3 is 14.9 Å². The van der Waals surface area contributed by atoms with E-state index in [9.17, 15) is 22.8 Å². The van der Waals surface area contributed by atoms with Gasteiger partial charge in [-0.05, 0) is 18.2 Å². The minimum atomic E-state index is -4.58. The average Bonchev–Trinajstić information content (AvgIpc) is 2.37. The van der Waals surface area contributed by atoms with E-state index in [0.717, 1.165) is 12.1 Å². The maximum Gasteiger partial charge on any atom is 0.416 e. The number of rotatable bonds is 3. The summed E-state index contributed by atoms with van der Waals surface area (Å²) in [6.07, 6.45) is -4.58. The molecule has 0 unspecified atom stereocenters. The quantitative estimate of drug-likeness (QED) is 0.562. The van der Waals surface area contributed by atoms with Gasteiger partial charge in [0.15, 0.2) is 0 Å². The van der Waals surface area contributed by atoms with E-state index in [1.165, 1.54) is 6.07 Å². The van der Waals surface area contributed by atoms with E-state index in [4.69, 9.17) is 0 Å². The molecule has 0 radical (unpaired) electrons. The maximum absolute atomic E-state index is 12.7. The molecule has 0 aliphatic rings. The van der Waals surface area contributed by atoms with E-state index in [-0.39, 0.29) is 16.7 Å². The zero-order chi connectivity index (χ0) is 15.3. The molecule has 10 heteroatoms. The highest BCUT2D eigenvalue weighted by Gasteiger charge is 2.31. The van der Waals surface area contributed by atoms with Gasteiger partial charge in [0.1, 0.15) is 0 Å². The zero-order valence-electron chi connectivity index (χ0n) is 10.3. The Bertz CT molecular complexity index is 489. The van der Waals surface area contributed by atoms with Crippen molar-refractivity contribution in [3.05, 3.63) is 23.8 Å². The summed E-state index contributed by atoms with van der Waals surface area (Å²) in [6, 6.07) is 2.23. The number of carbonyl (C=O) groups is 2. The number of nitrogens with one attached hydrogen (secondary N) is 3. The van der Waals surface area contributed by atoms with E-state index in [1.807, 2.05) is 0 Å². The van der Waals surface area contributed by atoms with Crippen LogP contribution in [-0.4, -0.2) is 33.8 Å². The second kappa shape index (κ2) is 6.97. The third-order valence-corrected chi connectivity index (χ3v) is 3.11. The van der Waals surface area contributed by atoms with Gasteiger partial charge >= 0.3 is 22.7 Å². The van der Waals surface area contributed by atoms with Gasteiger partial charge in [0.25, 0.3) is 6.03 Å². The van der Waals surface area contributed by atoms with Crippen molar-refractivity contribution in [1.29, 1.82) is 0 Å². The molecule has 1 aromatic rings. The number of benzene rings is 1. The minimum absolute atomic E-state index is 0.0482. The van der Waals surface area contributed by atoms with Crippen LogP contribution in [0.3, 0.4) is 0 Å². The van der Waals surface area contributed by atoms with Crippen LogP contribution in [0.1, 0.15) is 5.56 Å². The Labute approximate surface area is 129 Å². The van der Waals surface area contributed by atoms with Crippen molar-refractivity contribution in [3.63, 3.8) is 0 Å². The number of anilines is 2. The molecule has 0 aliphatic carbocycles. The second-order valence-corrected chi connectivity index (χ2v) is 4.74. The fourth-order valence-corrected chi connectivity index (χ4v) is 1.59. The fourth-order valence-electron chi connectivity index (χ4n) is 1.32. The Hall–Kier alpha value is -1.24. The molecule has 1 aromatic carbocycles. The lowest BCUT2D eigenvalue weighted by molar-refractivity contribution is -0.137. The fraction of sp³-hybridized carbons (Fsp3) is 0.200. The number of urea groups is 1. The number of alkyl halides is 4. The van der Waals surface area contributed by atoms with Crippen LogP contribution in [0.2, 0.25) is 0 Å². The van der Waals surface area contributed by atoms with E-state index >= 15 is 0 Å². The molecular weight excluding hydrogens is 358 g/mol. The number of carbonyl (C=O) groups excluding carboxylic acids is 2. The van der Waals surface area contributed by atoms with Crippen molar-refractivity contribution in [2.75, 3.05) is 16.0 Å². The molecule has 0 aromatic heterocycles. The third kappa shape index (κ3) is 5.03. The number of amides is 3. The van der Waals surface area contributed by atoms with Crippen molar-refractivity contribution in [1.82, 2.24) is 4.30 Å². The molecule has 0 heterocycles. The molecule has 20 heavy (non-hydrogen) atoms. The van der Waals surface area contributed by atoms with Crippen molar-refractivity contribution in [3.8, 4) is 0 Å². The normalized spacial score (nSPS) is 10.8. The Balaban J connectivity index is 3.14. The molecule has 0 atom stereocenters. The molecule has 0 saturated carbocycles. The molecule has 0 fully saturated rings. The van der Waals surface area contributed by atoms with Crippen molar-refractivity contribution >= 4 is 55.8 Å². The van der Waals surface area contributed by atoms with Crippen LogP contribution >= 0.6 is 15.9 Å². The lowest BCUT2D eigenvalue weighted by Crippen LogP contribution is -2.26. The SMILES string of the molecule is O=C(CBr)Nc1cc(NC(=O)[NH][AlH2])cc(C(F)(F)F)c1. The first-order valence-electron chi connectivity index (χ1n) is 5.33. The van der Waals surface area contributed by atoms with Crippen LogP contribution in [0.4, 0.5) is 29.3 Å². The number of hydrogen-bond acceptors (Lipinski definition) is 2. The Kier molecular flexibility index (Phi) is 5.86. The van der Waals surface area contributed by atoms with Crippen LogP contribution < -0.4 is 14.9 Å². The first kappa shape index (κ1) is 16.8. The summed E-state index contributed by atoms with van der Waals surface area (Å²) in [5.41, 5.74) is -1.07. The largest absolute Gasteiger partial charge is 0.435 e. The highest BCUT2D eigenvalue weighted by atomic mass is 79.9. The lowest BCUT2D eigenvalue weighted by atomic mass is 10.1. The molecule has 3 N–H and O–H groups in total. The molecule has 1 rings (SSSR count). The van der Waals surface area contributed by atoms with E-state index in [2.05, 4.69) is 30.9 Å². The summed E-state index contributed by atoms with van der Waals surface area (Å²) in [5.74, 6) is -0.498. The number of hydrogen-bond donors (Lipinski definition) is 3. The van der Waals surface area contributed by atoms with Crippen molar-refractivity contribution in [2.45, 2.75) is 6.18 Å². The minimum Gasteiger partial charge on any atom is -0.435 e. The lowest BCUT2D eigenvalue weighted by Gasteiger charge is -2.13. The van der Waals surface area contributed by atoms with Crippen molar-refractivity contribution in [2.24, 2.45) is 0 Å². The van der Waals surface area contributed by atoms with E-state index in [0.29, 0.717) is 16.5 Å². The van der Waals surface area contributed by atoms with Gasteiger partial charge in [0, 0.05) is 11.4 Å². The van der Waals surface area contributed by atoms with Gasteiger partial charge in [-0.1, -0.05) is 15.9 Å². The Morgan fingerprint density at radius 2 is 1.70 bits per heavy atom. The average molecular weight is 368 g/mol. The summed E-state index contributed by atoms with van der Waals surface area (Å²) < 4.78 is 40.6. The van der Waals surface area contributed by atoms with Crippen LogP contribution in [-0.2, 0) is 11.0 Å². The van der Waals surface area contributed by atoms with Gasteiger partial charge in [-0.15, -0.1) is 0 Å². The Morgan fingerprint density at radius 3 is 2.15 bits per heavy atom. The summed E-state index contributed by atoms with van der Waals surface area (Å²) in [5, 5.41) is 4.50. The highest BCUT2D eigenvalue weighted by molar-refractivity contribution is 9.09. The molecule has 3 amide bonds. The second-order valence-electron chi connectivity index (χ2n) is 3.68. The van der Waals surface area contributed by atoms with E-state index < -0.39 is 23.7 Å². The summed E-state index contributed by atoms with van der Waals surface area (Å²) in [6.45, 7) is 0.